The van der Waals surface area contributed by atoms with Crippen LogP contribution in [0.3, 0.4) is 0 Å². The van der Waals surface area contributed by atoms with Gasteiger partial charge in [-0.3, -0.25) is 0 Å². The zero-order valence-electron chi connectivity index (χ0n) is 15.1. The van der Waals surface area contributed by atoms with Crippen LogP contribution < -0.4 is 5.32 Å². The summed E-state index contributed by atoms with van der Waals surface area (Å²) in [6, 6.07) is 10.4. The zero-order chi connectivity index (χ0) is 21.2. The van der Waals surface area contributed by atoms with Crippen LogP contribution in [0.2, 0.25) is 0 Å². The molecule has 0 saturated carbocycles. The van der Waals surface area contributed by atoms with Gasteiger partial charge < -0.3 is 5.32 Å². The predicted octanol–water partition coefficient (Wildman–Crippen LogP) is 6.10. The lowest BCUT2D eigenvalue weighted by molar-refractivity contribution is -0.143. The number of hydrogen-bond acceptors (Lipinski definition) is 3. The Kier molecular flexibility index (Phi) is 5.50. The average molecular weight is 411 g/mol. The average Bonchev–Trinajstić information content (AvgIpc) is 2.65. The number of anilines is 1. The van der Waals surface area contributed by atoms with Crippen LogP contribution in [0.1, 0.15) is 22.3 Å². The third-order valence-corrected chi connectivity index (χ3v) is 4.06. The standard InChI is InChI=1S/C20H15F6N3/c1-12-3-2-4-13(7-12)11-28-17-5-6-27-18(29-17)14-8-15(19(21,22)23)10-16(9-14)20(24,25)26/h2-10H,11H2,1H3,(H,27,28,29). The second-order valence-electron chi connectivity index (χ2n) is 6.40. The van der Waals surface area contributed by atoms with Crippen molar-refractivity contribution in [3.8, 4) is 11.4 Å². The summed E-state index contributed by atoms with van der Waals surface area (Å²) in [5.41, 5.74) is -1.20. The van der Waals surface area contributed by atoms with E-state index in [0.717, 1.165) is 11.1 Å². The van der Waals surface area contributed by atoms with Crippen LogP contribution >= 0.6 is 0 Å². The summed E-state index contributed by atoms with van der Waals surface area (Å²) in [5.74, 6) is 0.0401. The van der Waals surface area contributed by atoms with E-state index < -0.39 is 23.5 Å². The van der Waals surface area contributed by atoms with E-state index >= 15 is 0 Å². The van der Waals surface area contributed by atoms with Crippen LogP contribution in [0.4, 0.5) is 32.2 Å². The third-order valence-electron chi connectivity index (χ3n) is 4.06. The number of aryl methyl sites for hydroxylation is 1. The third kappa shape index (κ3) is 5.24. The molecule has 29 heavy (non-hydrogen) atoms. The lowest BCUT2D eigenvalue weighted by Gasteiger charge is -2.14. The van der Waals surface area contributed by atoms with Gasteiger partial charge in [0.05, 0.1) is 11.1 Å². The summed E-state index contributed by atoms with van der Waals surface area (Å²) in [7, 11) is 0. The highest BCUT2D eigenvalue weighted by molar-refractivity contribution is 5.60. The summed E-state index contributed by atoms with van der Waals surface area (Å²) in [5, 5.41) is 2.99. The van der Waals surface area contributed by atoms with Crippen molar-refractivity contribution < 1.29 is 26.3 Å². The van der Waals surface area contributed by atoms with E-state index in [2.05, 4.69) is 15.3 Å². The fourth-order valence-electron chi connectivity index (χ4n) is 2.69. The summed E-state index contributed by atoms with van der Waals surface area (Å²) in [6.45, 7) is 2.31. The maximum atomic E-state index is 13.1. The minimum atomic E-state index is -4.93. The number of nitrogens with one attached hydrogen (secondary N) is 1. The van der Waals surface area contributed by atoms with Crippen molar-refractivity contribution in [2.24, 2.45) is 0 Å². The largest absolute Gasteiger partial charge is 0.416 e. The zero-order valence-corrected chi connectivity index (χ0v) is 15.1. The van der Waals surface area contributed by atoms with Crippen molar-refractivity contribution in [1.29, 1.82) is 0 Å². The molecule has 0 aliphatic heterocycles. The fraction of sp³-hybridized carbons (Fsp3) is 0.200. The van der Waals surface area contributed by atoms with Crippen molar-refractivity contribution in [3.05, 3.63) is 77.0 Å². The van der Waals surface area contributed by atoms with E-state index in [9.17, 15) is 26.3 Å². The minimum absolute atomic E-state index is 0.0728. The van der Waals surface area contributed by atoms with Crippen LogP contribution in [0.5, 0.6) is 0 Å². The molecular formula is C20H15F6N3. The summed E-state index contributed by atoms with van der Waals surface area (Å²) in [4.78, 5) is 7.91. The van der Waals surface area contributed by atoms with Crippen molar-refractivity contribution in [3.63, 3.8) is 0 Å². The highest BCUT2D eigenvalue weighted by atomic mass is 19.4. The Morgan fingerprint density at radius 3 is 2.10 bits per heavy atom. The van der Waals surface area contributed by atoms with Gasteiger partial charge in [0.25, 0.3) is 0 Å². The fourth-order valence-corrected chi connectivity index (χ4v) is 2.69. The van der Waals surface area contributed by atoms with Gasteiger partial charge in [0.15, 0.2) is 5.82 Å². The maximum absolute atomic E-state index is 13.1. The van der Waals surface area contributed by atoms with Gasteiger partial charge in [0, 0.05) is 18.3 Å². The van der Waals surface area contributed by atoms with Gasteiger partial charge in [0.2, 0.25) is 0 Å². The highest BCUT2D eigenvalue weighted by Gasteiger charge is 2.37. The summed E-state index contributed by atoms with van der Waals surface area (Å²) < 4.78 is 78.3. The minimum Gasteiger partial charge on any atom is -0.366 e. The van der Waals surface area contributed by atoms with Gasteiger partial charge in [-0.25, -0.2) is 9.97 Å². The second kappa shape index (κ2) is 7.73. The number of alkyl halides is 6. The number of rotatable bonds is 4. The molecular weight excluding hydrogens is 396 g/mol. The Balaban J connectivity index is 1.93. The maximum Gasteiger partial charge on any atom is 0.416 e. The van der Waals surface area contributed by atoms with Crippen molar-refractivity contribution >= 4 is 5.82 Å². The van der Waals surface area contributed by atoms with Crippen molar-refractivity contribution in [2.75, 3.05) is 5.32 Å². The summed E-state index contributed by atoms with van der Waals surface area (Å²) in [6.07, 6.45) is -8.59. The van der Waals surface area contributed by atoms with E-state index in [0.29, 0.717) is 18.7 Å². The van der Waals surface area contributed by atoms with Crippen molar-refractivity contribution in [2.45, 2.75) is 25.8 Å². The molecule has 3 aromatic rings. The second-order valence-corrected chi connectivity index (χ2v) is 6.40. The number of hydrogen-bond donors (Lipinski definition) is 1. The Bertz CT molecular complexity index is 979. The quantitative estimate of drug-likeness (QED) is 0.527. The van der Waals surface area contributed by atoms with Crippen LogP contribution in [0.25, 0.3) is 11.4 Å². The molecule has 3 rings (SSSR count). The molecule has 0 fully saturated rings. The molecule has 0 saturated heterocycles. The van der Waals surface area contributed by atoms with Crippen LogP contribution in [-0.4, -0.2) is 9.97 Å². The molecule has 0 aliphatic carbocycles. The van der Waals surface area contributed by atoms with Crippen molar-refractivity contribution in [1.82, 2.24) is 9.97 Å². The molecule has 152 valence electrons. The predicted molar refractivity (Wildman–Crippen MR) is 96.0 cm³/mol. The molecule has 0 aliphatic rings. The van der Waals surface area contributed by atoms with Gasteiger partial charge in [-0.15, -0.1) is 0 Å². The molecule has 0 unspecified atom stereocenters. The Labute approximate surface area is 162 Å². The molecule has 0 bridgehead atoms. The molecule has 1 aromatic heterocycles. The van der Waals surface area contributed by atoms with Gasteiger partial charge in [-0.1, -0.05) is 29.8 Å². The molecule has 1 N–H and O–H groups in total. The molecule has 0 atom stereocenters. The van der Waals surface area contributed by atoms with Gasteiger partial charge in [0.1, 0.15) is 5.82 Å². The SMILES string of the molecule is Cc1cccc(CNc2ccnc(-c3cc(C(F)(F)F)cc(C(F)(F)F)c3)n2)c1. The molecule has 3 nitrogen and oxygen atoms in total. The van der Waals surface area contributed by atoms with E-state index in [1.54, 1.807) is 0 Å². The smallest absolute Gasteiger partial charge is 0.366 e. The number of aromatic nitrogens is 2. The number of halogens is 6. The lowest BCUT2D eigenvalue weighted by atomic mass is 10.0. The Morgan fingerprint density at radius 1 is 0.862 bits per heavy atom. The van der Waals surface area contributed by atoms with Gasteiger partial charge in [-0.05, 0) is 36.8 Å². The van der Waals surface area contributed by atoms with E-state index in [-0.39, 0.29) is 23.3 Å². The van der Waals surface area contributed by atoms with Crippen LogP contribution in [0, 0.1) is 6.92 Å². The Morgan fingerprint density at radius 2 is 1.52 bits per heavy atom. The monoisotopic (exact) mass is 411 g/mol. The molecule has 2 aromatic carbocycles. The molecule has 1 heterocycles. The topological polar surface area (TPSA) is 37.8 Å². The first-order chi connectivity index (χ1) is 13.5. The Hall–Kier alpha value is -3.10. The molecule has 0 radical (unpaired) electrons. The first kappa shape index (κ1) is 20.6. The first-order valence-corrected chi connectivity index (χ1v) is 8.45. The highest BCUT2D eigenvalue weighted by Crippen LogP contribution is 2.38. The number of nitrogens with zero attached hydrogens (tertiary/aromatic N) is 2. The molecule has 9 heteroatoms. The number of benzene rings is 2. The van der Waals surface area contributed by atoms with E-state index in [4.69, 9.17) is 0 Å². The van der Waals surface area contributed by atoms with E-state index in [1.807, 2.05) is 31.2 Å². The molecule has 0 amide bonds. The first-order valence-electron chi connectivity index (χ1n) is 8.45. The van der Waals surface area contributed by atoms with Crippen LogP contribution in [-0.2, 0) is 18.9 Å². The van der Waals surface area contributed by atoms with Gasteiger partial charge in [-0.2, -0.15) is 26.3 Å². The molecule has 0 spiro atoms. The lowest BCUT2D eigenvalue weighted by Crippen LogP contribution is -2.11. The van der Waals surface area contributed by atoms with Crippen LogP contribution in [0.15, 0.2) is 54.7 Å². The van der Waals surface area contributed by atoms with Gasteiger partial charge >= 0.3 is 12.4 Å². The normalized spacial score (nSPS) is 12.1. The van der Waals surface area contributed by atoms with E-state index in [1.165, 1.54) is 12.3 Å². The summed E-state index contributed by atoms with van der Waals surface area (Å²) >= 11 is 0.